The second-order valence-corrected chi connectivity index (χ2v) is 10.6. The second kappa shape index (κ2) is 8.06. The van der Waals surface area contributed by atoms with Crippen LogP contribution in [0.1, 0.15) is 13.8 Å². The molecule has 1 aliphatic heterocycles. The summed E-state index contributed by atoms with van der Waals surface area (Å²) in [6.45, 7) is 6.10. The quantitative estimate of drug-likeness (QED) is 0.589. The van der Waals surface area contributed by atoms with E-state index in [0.717, 1.165) is 39.6 Å². The predicted octanol–water partition coefficient (Wildman–Crippen LogP) is 4.00. The maximum absolute atomic E-state index is 12.2. The van der Waals surface area contributed by atoms with Crippen molar-refractivity contribution in [1.29, 1.82) is 0 Å². The Balaban J connectivity index is 1.73. The zero-order valence-corrected chi connectivity index (χ0v) is 18.4. The topological polar surface area (TPSA) is 84.4 Å². The van der Waals surface area contributed by atoms with E-state index in [0.29, 0.717) is 18.9 Å². The number of thiophene rings is 1. The summed E-state index contributed by atoms with van der Waals surface area (Å²) in [6.07, 6.45) is 0. The fraction of sp³-hybridized carbons (Fsp3) is 0.368. The van der Waals surface area contributed by atoms with Gasteiger partial charge in [-0.05, 0) is 49.2 Å². The number of halogens is 1. The lowest BCUT2D eigenvalue weighted by Crippen LogP contribution is -2.36. The Kier molecular flexibility index (Phi) is 5.65. The number of morpholine rings is 1. The first-order valence-electron chi connectivity index (χ1n) is 9.25. The molecule has 29 heavy (non-hydrogen) atoms. The van der Waals surface area contributed by atoms with E-state index in [4.69, 9.17) is 16.3 Å². The molecule has 1 N–H and O–H groups in total. The van der Waals surface area contributed by atoms with Gasteiger partial charge in [-0.15, -0.1) is 11.3 Å². The maximum Gasteiger partial charge on any atom is 0.235 e. The molecule has 0 amide bonds. The van der Waals surface area contributed by atoms with Gasteiger partial charge in [-0.25, -0.2) is 13.4 Å². The van der Waals surface area contributed by atoms with E-state index in [9.17, 15) is 8.42 Å². The monoisotopic (exact) mass is 452 g/mol. The van der Waals surface area contributed by atoms with Crippen molar-refractivity contribution in [3.05, 3.63) is 35.6 Å². The van der Waals surface area contributed by atoms with Gasteiger partial charge in [0.1, 0.15) is 0 Å². The highest BCUT2D eigenvalue weighted by Gasteiger charge is 2.20. The number of sulfonamides is 1. The molecule has 0 unspecified atom stereocenters. The molecule has 10 heteroatoms. The molecule has 0 aliphatic carbocycles. The van der Waals surface area contributed by atoms with Crippen molar-refractivity contribution < 1.29 is 13.2 Å². The summed E-state index contributed by atoms with van der Waals surface area (Å²) in [6, 6.07) is 9.31. The van der Waals surface area contributed by atoms with Crippen LogP contribution in [0, 0.1) is 0 Å². The van der Waals surface area contributed by atoms with Crippen molar-refractivity contribution >= 4 is 54.7 Å². The molecule has 1 aromatic carbocycles. The second-order valence-electron chi connectivity index (χ2n) is 7.02. The number of rotatable bonds is 5. The molecule has 7 nitrogen and oxygen atoms in total. The molecule has 0 bridgehead atoms. The molecule has 0 saturated carbocycles. The standard InChI is InChI=1S/C19H21ClN4O3S2/c1-12(2)29(25,26)23-14-5-3-4-13(10-14)16-11-15-17(28-16)18(22-19(20)21-15)24-6-8-27-9-7-24/h3-5,10-12,23H,6-9H2,1-2H3. The minimum Gasteiger partial charge on any atom is -0.378 e. The number of hydrogen-bond acceptors (Lipinski definition) is 7. The van der Waals surface area contributed by atoms with Crippen LogP contribution in [0.4, 0.5) is 11.5 Å². The molecule has 1 saturated heterocycles. The molecule has 1 fully saturated rings. The van der Waals surface area contributed by atoms with Gasteiger partial charge < -0.3 is 9.64 Å². The molecular weight excluding hydrogens is 432 g/mol. The molecule has 0 spiro atoms. The number of fused-ring (bicyclic) bond motifs is 1. The highest BCUT2D eigenvalue weighted by Crippen LogP contribution is 2.38. The number of benzene rings is 1. The lowest BCUT2D eigenvalue weighted by atomic mass is 10.1. The van der Waals surface area contributed by atoms with Crippen LogP contribution in [0.25, 0.3) is 20.7 Å². The molecule has 2 aromatic heterocycles. The van der Waals surface area contributed by atoms with E-state index < -0.39 is 15.3 Å². The van der Waals surface area contributed by atoms with Gasteiger partial charge in [0.2, 0.25) is 15.3 Å². The van der Waals surface area contributed by atoms with Gasteiger partial charge in [-0.1, -0.05) is 12.1 Å². The van der Waals surface area contributed by atoms with E-state index in [1.807, 2.05) is 24.3 Å². The molecule has 0 atom stereocenters. The Labute approximate surface area is 178 Å². The largest absolute Gasteiger partial charge is 0.378 e. The van der Waals surface area contributed by atoms with Crippen molar-refractivity contribution in [3.63, 3.8) is 0 Å². The maximum atomic E-state index is 12.2. The Morgan fingerprint density at radius 2 is 1.97 bits per heavy atom. The summed E-state index contributed by atoms with van der Waals surface area (Å²) in [5, 5.41) is -0.300. The Bertz CT molecular complexity index is 1140. The van der Waals surface area contributed by atoms with Gasteiger partial charge in [0, 0.05) is 23.7 Å². The minimum atomic E-state index is -3.41. The number of aromatic nitrogens is 2. The summed E-state index contributed by atoms with van der Waals surface area (Å²) in [5.41, 5.74) is 2.21. The minimum absolute atomic E-state index is 0.210. The third kappa shape index (κ3) is 4.32. The van der Waals surface area contributed by atoms with Crippen LogP contribution < -0.4 is 9.62 Å². The summed E-state index contributed by atoms with van der Waals surface area (Å²) < 4.78 is 33.4. The van der Waals surface area contributed by atoms with Crippen LogP contribution >= 0.6 is 22.9 Å². The Hall–Kier alpha value is -1.94. The molecule has 3 heterocycles. The normalized spacial score (nSPS) is 15.2. The van der Waals surface area contributed by atoms with E-state index in [1.54, 1.807) is 31.3 Å². The molecular formula is C19H21ClN4O3S2. The van der Waals surface area contributed by atoms with Crippen molar-refractivity contribution in [3.8, 4) is 10.4 Å². The van der Waals surface area contributed by atoms with Crippen LogP contribution in [0.2, 0.25) is 5.28 Å². The highest BCUT2D eigenvalue weighted by molar-refractivity contribution is 7.93. The molecule has 4 rings (SSSR count). The first kappa shape index (κ1) is 20.3. The predicted molar refractivity (Wildman–Crippen MR) is 119 cm³/mol. The third-order valence-electron chi connectivity index (χ3n) is 4.66. The van der Waals surface area contributed by atoms with Crippen LogP contribution in [-0.2, 0) is 14.8 Å². The lowest BCUT2D eigenvalue weighted by Gasteiger charge is -2.28. The molecule has 154 valence electrons. The fourth-order valence-electron chi connectivity index (χ4n) is 3.04. The van der Waals surface area contributed by atoms with E-state index in [2.05, 4.69) is 19.6 Å². The van der Waals surface area contributed by atoms with Crippen molar-refractivity contribution in [2.45, 2.75) is 19.1 Å². The van der Waals surface area contributed by atoms with Gasteiger partial charge in [0.15, 0.2) is 5.82 Å². The van der Waals surface area contributed by atoms with Gasteiger partial charge in [-0.2, -0.15) is 4.98 Å². The number of hydrogen-bond donors (Lipinski definition) is 1. The average Bonchev–Trinajstić information content (AvgIpc) is 3.12. The smallest absolute Gasteiger partial charge is 0.235 e. The van der Waals surface area contributed by atoms with Crippen LogP contribution in [0.15, 0.2) is 30.3 Å². The van der Waals surface area contributed by atoms with Crippen molar-refractivity contribution in [2.75, 3.05) is 35.9 Å². The van der Waals surface area contributed by atoms with Crippen LogP contribution in [-0.4, -0.2) is 49.9 Å². The highest BCUT2D eigenvalue weighted by atomic mass is 35.5. The van der Waals surface area contributed by atoms with Crippen LogP contribution in [0.3, 0.4) is 0 Å². The van der Waals surface area contributed by atoms with Gasteiger partial charge in [0.05, 0.1) is 28.7 Å². The average molecular weight is 453 g/mol. The van der Waals surface area contributed by atoms with Crippen molar-refractivity contribution in [1.82, 2.24) is 9.97 Å². The zero-order valence-electron chi connectivity index (χ0n) is 16.1. The summed E-state index contributed by atoms with van der Waals surface area (Å²) >= 11 is 7.74. The summed E-state index contributed by atoms with van der Waals surface area (Å²) in [4.78, 5) is 12.0. The summed E-state index contributed by atoms with van der Waals surface area (Å²) in [5.74, 6) is 0.816. The van der Waals surface area contributed by atoms with E-state index >= 15 is 0 Å². The van der Waals surface area contributed by atoms with Crippen LogP contribution in [0.5, 0.6) is 0 Å². The van der Waals surface area contributed by atoms with Crippen molar-refractivity contribution in [2.24, 2.45) is 0 Å². The van der Waals surface area contributed by atoms with Gasteiger partial charge in [0.25, 0.3) is 0 Å². The SMILES string of the molecule is CC(C)S(=O)(=O)Nc1cccc(-c2cc3nc(Cl)nc(N4CCOCC4)c3s2)c1. The number of ether oxygens (including phenoxy) is 1. The molecule has 1 aliphatic rings. The molecule has 0 radical (unpaired) electrons. The van der Waals surface area contributed by atoms with Gasteiger partial charge >= 0.3 is 0 Å². The number of nitrogens with one attached hydrogen (secondary N) is 1. The molecule has 3 aromatic rings. The number of nitrogens with zero attached hydrogens (tertiary/aromatic N) is 3. The summed E-state index contributed by atoms with van der Waals surface area (Å²) in [7, 11) is -3.41. The first-order valence-corrected chi connectivity index (χ1v) is 12.0. The van der Waals surface area contributed by atoms with E-state index in [-0.39, 0.29) is 5.28 Å². The Morgan fingerprint density at radius 1 is 1.21 bits per heavy atom. The number of anilines is 2. The van der Waals surface area contributed by atoms with E-state index in [1.165, 1.54) is 0 Å². The fourth-order valence-corrected chi connectivity index (χ4v) is 5.01. The first-order chi connectivity index (χ1) is 13.8. The Morgan fingerprint density at radius 3 is 2.69 bits per heavy atom. The third-order valence-corrected chi connectivity index (χ3v) is 7.76. The zero-order chi connectivity index (χ0) is 20.6. The van der Waals surface area contributed by atoms with Gasteiger partial charge in [-0.3, -0.25) is 4.72 Å². The lowest BCUT2D eigenvalue weighted by molar-refractivity contribution is 0.122.